The van der Waals surface area contributed by atoms with Crippen molar-refractivity contribution in [3.05, 3.63) is 120 Å². The van der Waals surface area contributed by atoms with Gasteiger partial charge in [-0.2, -0.15) is 13.2 Å². The molecule has 3 aromatic carbocycles. The highest BCUT2D eigenvalue weighted by atomic mass is 19.4. The third-order valence-corrected chi connectivity index (χ3v) is 6.77. The van der Waals surface area contributed by atoms with E-state index in [1.807, 2.05) is 30.3 Å². The number of nitrogens with one attached hydrogen (secondary N) is 1. The summed E-state index contributed by atoms with van der Waals surface area (Å²) in [5, 5.41) is 2.70. The fourth-order valence-electron chi connectivity index (χ4n) is 4.70. The molecule has 41 heavy (non-hydrogen) atoms. The lowest BCUT2D eigenvalue weighted by Crippen LogP contribution is -2.56. The van der Waals surface area contributed by atoms with Crippen molar-refractivity contribution in [3.8, 4) is 11.1 Å². The van der Waals surface area contributed by atoms with E-state index in [-0.39, 0.29) is 17.7 Å². The Hall–Kier alpha value is -4.66. The number of carbonyl (C=O) groups is 3. The van der Waals surface area contributed by atoms with Gasteiger partial charge in [0.25, 0.3) is 5.91 Å². The number of methoxy groups -OCH3 is 1. The SMILES string of the molecule is COC(=O)C1C=CC=CC1(CC(=O)OCCc1ccccc1)NC(=O)c1cc(C(F)(F)F)ccc1-c1ccccc1. The molecule has 1 aliphatic carbocycles. The fraction of sp³-hybridized carbons (Fsp3) is 0.219. The van der Waals surface area contributed by atoms with Crippen LogP contribution in [-0.4, -0.2) is 37.1 Å². The van der Waals surface area contributed by atoms with E-state index in [1.165, 1.54) is 25.3 Å². The van der Waals surface area contributed by atoms with Crippen LogP contribution < -0.4 is 5.32 Å². The zero-order valence-corrected chi connectivity index (χ0v) is 22.2. The Kier molecular flexibility index (Phi) is 9.07. The minimum atomic E-state index is -4.70. The number of rotatable bonds is 9. The molecule has 2 atom stereocenters. The van der Waals surface area contributed by atoms with Crippen molar-refractivity contribution in [2.75, 3.05) is 13.7 Å². The normalized spacial score (nSPS) is 18.0. The van der Waals surface area contributed by atoms with E-state index in [0.29, 0.717) is 12.0 Å². The van der Waals surface area contributed by atoms with Gasteiger partial charge in [0.1, 0.15) is 5.92 Å². The second-order valence-corrected chi connectivity index (χ2v) is 9.50. The maximum absolute atomic E-state index is 13.8. The second kappa shape index (κ2) is 12.7. The summed E-state index contributed by atoms with van der Waals surface area (Å²) >= 11 is 0. The van der Waals surface area contributed by atoms with Crippen LogP contribution >= 0.6 is 0 Å². The summed E-state index contributed by atoms with van der Waals surface area (Å²) in [5.74, 6) is -3.49. The van der Waals surface area contributed by atoms with E-state index < -0.39 is 47.5 Å². The number of hydrogen-bond acceptors (Lipinski definition) is 5. The van der Waals surface area contributed by atoms with Crippen LogP contribution in [0.15, 0.2) is 103 Å². The van der Waals surface area contributed by atoms with Gasteiger partial charge >= 0.3 is 18.1 Å². The summed E-state index contributed by atoms with van der Waals surface area (Å²) in [5.41, 5.74) is -1.22. The van der Waals surface area contributed by atoms with Crippen LogP contribution in [0.3, 0.4) is 0 Å². The molecule has 6 nitrogen and oxygen atoms in total. The Bertz CT molecular complexity index is 1450. The van der Waals surface area contributed by atoms with E-state index >= 15 is 0 Å². The second-order valence-electron chi connectivity index (χ2n) is 9.50. The van der Waals surface area contributed by atoms with Gasteiger partial charge in [0, 0.05) is 12.0 Å². The highest BCUT2D eigenvalue weighted by molar-refractivity contribution is 6.02. The Balaban J connectivity index is 1.67. The summed E-state index contributed by atoms with van der Waals surface area (Å²) in [6.45, 7) is 0.0566. The zero-order valence-electron chi connectivity index (χ0n) is 22.2. The Morgan fingerprint density at radius 1 is 0.927 bits per heavy atom. The third kappa shape index (κ3) is 7.11. The Morgan fingerprint density at radius 3 is 2.27 bits per heavy atom. The molecule has 212 valence electrons. The molecule has 3 aromatic rings. The van der Waals surface area contributed by atoms with Gasteiger partial charge in [0.15, 0.2) is 0 Å². The standard InChI is InChI=1S/C32H28F3NO5/c1-40-30(39)27-14-8-9-18-31(27,21-28(37)41-19-17-22-10-4-2-5-11-22)36-29(38)26-20-24(32(33,34)35)15-16-25(26)23-12-6-3-7-13-23/h2-16,18,20,27H,17,19,21H2,1H3,(H,36,38). The first-order valence-electron chi connectivity index (χ1n) is 12.9. The maximum Gasteiger partial charge on any atom is 0.416 e. The van der Waals surface area contributed by atoms with Gasteiger partial charge in [-0.25, -0.2) is 0 Å². The predicted octanol–water partition coefficient (Wildman–Crippen LogP) is 5.93. The number of esters is 2. The van der Waals surface area contributed by atoms with Crippen LogP contribution in [0.25, 0.3) is 11.1 Å². The molecule has 1 aliphatic rings. The molecule has 0 saturated carbocycles. The van der Waals surface area contributed by atoms with Crippen molar-refractivity contribution in [2.45, 2.75) is 24.6 Å². The van der Waals surface area contributed by atoms with Crippen LogP contribution in [0.5, 0.6) is 0 Å². The zero-order chi connectivity index (χ0) is 29.5. The number of halogens is 3. The predicted molar refractivity (Wildman–Crippen MR) is 147 cm³/mol. The van der Waals surface area contributed by atoms with Crippen molar-refractivity contribution in [3.63, 3.8) is 0 Å². The summed E-state index contributed by atoms with van der Waals surface area (Å²) in [7, 11) is 1.17. The lowest BCUT2D eigenvalue weighted by atomic mass is 9.77. The fourth-order valence-corrected chi connectivity index (χ4v) is 4.70. The van der Waals surface area contributed by atoms with E-state index in [4.69, 9.17) is 9.47 Å². The minimum Gasteiger partial charge on any atom is -0.468 e. The van der Waals surface area contributed by atoms with Crippen molar-refractivity contribution < 1.29 is 37.0 Å². The summed E-state index contributed by atoms with van der Waals surface area (Å²) in [4.78, 5) is 39.6. The molecule has 0 spiro atoms. The van der Waals surface area contributed by atoms with E-state index in [2.05, 4.69) is 5.32 Å². The highest BCUT2D eigenvalue weighted by Crippen LogP contribution is 2.35. The van der Waals surface area contributed by atoms with Crippen molar-refractivity contribution in [1.29, 1.82) is 0 Å². The number of alkyl halides is 3. The van der Waals surface area contributed by atoms with Gasteiger partial charge in [0.2, 0.25) is 0 Å². The minimum absolute atomic E-state index is 0.0566. The lowest BCUT2D eigenvalue weighted by Gasteiger charge is -2.37. The molecular formula is C32H28F3NO5. The van der Waals surface area contributed by atoms with E-state index in [0.717, 1.165) is 17.7 Å². The molecule has 0 aliphatic heterocycles. The van der Waals surface area contributed by atoms with Gasteiger partial charge in [0.05, 0.1) is 31.2 Å². The van der Waals surface area contributed by atoms with Gasteiger partial charge in [-0.1, -0.05) is 91.0 Å². The third-order valence-electron chi connectivity index (χ3n) is 6.77. The first kappa shape index (κ1) is 29.3. The average Bonchev–Trinajstić information content (AvgIpc) is 2.97. The smallest absolute Gasteiger partial charge is 0.416 e. The highest BCUT2D eigenvalue weighted by Gasteiger charge is 2.45. The van der Waals surface area contributed by atoms with Gasteiger partial charge in [-0.05, 0) is 28.8 Å². The summed E-state index contributed by atoms with van der Waals surface area (Å²) in [6, 6.07) is 20.7. The molecule has 9 heteroatoms. The van der Waals surface area contributed by atoms with Crippen molar-refractivity contribution in [1.82, 2.24) is 5.32 Å². The topological polar surface area (TPSA) is 81.7 Å². The summed E-state index contributed by atoms with van der Waals surface area (Å²) < 4.78 is 51.3. The molecule has 0 bridgehead atoms. The van der Waals surface area contributed by atoms with Crippen LogP contribution in [0, 0.1) is 5.92 Å². The number of benzene rings is 3. The molecular weight excluding hydrogens is 535 g/mol. The Labute approximate surface area is 235 Å². The first-order valence-corrected chi connectivity index (χ1v) is 12.9. The molecule has 0 saturated heterocycles. The molecule has 0 heterocycles. The average molecular weight is 564 g/mol. The molecule has 1 N–H and O–H groups in total. The van der Waals surface area contributed by atoms with Crippen LogP contribution in [0.1, 0.15) is 27.9 Å². The maximum atomic E-state index is 13.8. The van der Waals surface area contributed by atoms with Crippen LogP contribution in [-0.2, 0) is 31.7 Å². The Morgan fingerprint density at radius 2 is 1.61 bits per heavy atom. The number of hydrogen-bond donors (Lipinski definition) is 1. The van der Waals surface area contributed by atoms with Gasteiger partial charge in [-0.3, -0.25) is 14.4 Å². The van der Waals surface area contributed by atoms with Crippen LogP contribution in [0.2, 0.25) is 0 Å². The van der Waals surface area contributed by atoms with Crippen molar-refractivity contribution >= 4 is 17.8 Å². The lowest BCUT2D eigenvalue weighted by molar-refractivity contribution is -0.149. The molecule has 2 unspecified atom stereocenters. The van der Waals surface area contributed by atoms with E-state index in [1.54, 1.807) is 42.5 Å². The molecule has 0 aromatic heterocycles. The van der Waals surface area contributed by atoms with Gasteiger partial charge < -0.3 is 14.8 Å². The number of carbonyl (C=O) groups excluding carboxylic acids is 3. The number of ether oxygens (including phenoxy) is 2. The van der Waals surface area contributed by atoms with E-state index in [9.17, 15) is 27.6 Å². The monoisotopic (exact) mass is 563 g/mol. The largest absolute Gasteiger partial charge is 0.468 e. The summed E-state index contributed by atoms with van der Waals surface area (Å²) in [6.07, 6.45) is 1.31. The molecule has 0 fully saturated rings. The quantitative estimate of drug-likeness (QED) is 0.327. The number of amides is 1. The molecule has 4 rings (SSSR count). The first-order chi connectivity index (χ1) is 19.6. The number of allylic oxidation sites excluding steroid dienone is 2. The van der Waals surface area contributed by atoms with Crippen LogP contribution in [0.4, 0.5) is 13.2 Å². The van der Waals surface area contributed by atoms with Crippen molar-refractivity contribution in [2.24, 2.45) is 5.92 Å². The molecule has 1 amide bonds. The molecule has 0 radical (unpaired) electrons. The van der Waals surface area contributed by atoms with Gasteiger partial charge in [-0.15, -0.1) is 0 Å².